The topological polar surface area (TPSA) is 38.3 Å². The molecule has 3 heteroatoms. The van der Waals surface area contributed by atoms with Crippen LogP contribution < -0.4 is 5.32 Å². The predicted octanol–water partition coefficient (Wildman–Crippen LogP) is 2.74. The average Bonchev–Trinajstić information content (AvgIpc) is 2.77. The van der Waals surface area contributed by atoms with E-state index < -0.39 is 0 Å². The molecule has 18 heavy (non-hydrogen) atoms. The Hall–Kier alpha value is -0.570. The summed E-state index contributed by atoms with van der Waals surface area (Å²) >= 11 is 0. The van der Waals surface area contributed by atoms with Crippen molar-refractivity contribution in [1.82, 2.24) is 5.32 Å². The standard InChI is InChI=1S/C15H27NO2/c1-4-15(5-6-16-10-15)14(17)18-13-8-11(2)7-12(3)9-13/h11-13,16H,4-10H2,1-3H3. The van der Waals surface area contributed by atoms with E-state index in [0.29, 0.717) is 11.8 Å². The highest BCUT2D eigenvalue weighted by molar-refractivity contribution is 5.77. The van der Waals surface area contributed by atoms with E-state index in [0.717, 1.165) is 38.8 Å². The van der Waals surface area contributed by atoms with Gasteiger partial charge in [0.1, 0.15) is 6.10 Å². The normalized spacial score (nSPS) is 40.7. The highest BCUT2D eigenvalue weighted by atomic mass is 16.5. The minimum atomic E-state index is -0.246. The Morgan fingerprint density at radius 3 is 2.44 bits per heavy atom. The van der Waals surface area contributed by atoms with Gasteiger partial charge in [0.05, 0.1) is 5.41 Å². The number of esters is 1. The Bertz CT molecular complexity index is 287. The summed E-state index contributed by atoms with van der Waals surface area (Å²) in [5, 5.41) is 3.30. The molecule has 2 aliphatic rings. The van der Waals surface area contributed by atoms with Crippen molar-refractivity contribution in [2.45, 2.75) is 59.0 Å². The first-order valence-electron chi connectivity index (χ1n) is 7.47. The number of carbonyl (C=O) groups excluding carboxylic acids is 1. The van der Waals surface area contributed by atoms with Gasteiger partial charge in [-0.05, 0) is 50.5 Å². The molecule has 2 fully saturated rings. The third-order valence-electron chi connectivity index (χ3n) is 4.76. The van der Waals surface area contributed by atoms with E-state index in [-0.39, 0.29) is 17.5 Å². The van der Waals surface area contributed by atoms with Crippen LogP contribution in [0.5, 0.6) is 0 Å². The summed E-state index contributed by atoms with van der Waals surface area (Å²) < 4.78 is 5.83. The minimum absolute atomic E-state index is 0.0429. The van der Waals surface area contributed by atoms with E-state index in [1.165, 1.54) is 6.42 Å². The van der Waals surface area contributed by atoms with Crippen LogP contribution in [-0.4, -0.2) is 25.2 Å². The molecule has 3 unspecified atom stereocenters. The molecule has 1 saturated carbocycles. The van der Waals surface area contributed by atoms with E-state index in [2.05, 4.69) is 26.1 Å². The van der Waals surface area contributed by atoms with Crippen LogP contribution in [-0.2, 0) is 9.53 Å². The third-order valence-corrected chi connectivity index (χ3v) is 4.76. The molecule has 1 N–H and O–H groups in total. The molecule has 104 valence electrons. The van der Waals surface area contributed by atoms with Crippen molar-refractivity contribution in [1.29, 1.82) is 0 Å². The van der Waals surface area contributed by atoms with E-state index in [1.54, 1.807) is 0 Å². The fourth-order valence-corrected chi connectivity index (χ4v) is 3.61. The fraction of sp³-hybridized carbons (Fsp3) is 0.933. The van der Waals surface area contributed by atoms with Gasteiger partial charge in [0.15, 0.2) is 0 Å². The number of carbonyl (C=O) groups is 1. The van der Waals surface area contributed by atoms with E-state index in [4.69, 9.17) is 4.74 Å². The third kappa shape index (κ3) is 2.87. The summed E-state index contributed by atoms with van der Waals surface area (Å²) in [6.07, 6.45) is 5.33. The highest BCUT2D eigenvalue weighted by Crippen LogP contribution is 2.35. The summed E-state index contributed by atoms with van der Waals surface area (Å²) in [4.78, 5) is 12.4. The molecule has 0 radical (unpaired) electrons. The lowest BCUT2D eigenvalue weighted by atomic mass is 9.81. The zero-order valence-corrected chi connectivity index (χ0v) is 12.0. The molecule has 0 bridgehead atoms. The van der Waals surface area contributed by atoms with Crippen LogP contribution in [0.2, 0.25) is 0 Å². The van der Waals surface area contributed by atoms with Crippen molar-refractivity contribution >= 4 is 5.97 Å². The monoisotopic (exact) mass is 253 g/mol. The quantitative estimate of drug-likeness (QED) is 0.786. The molecule has 1 heterocycles. The largest absolute Gasteiger partial charge is 0.462 e. The van der Waals surface area contributed by atoms with Gasteiger partial charge in [0, 0.05) is 6.54 Å². The summed E-state index contributed by atoms with van der Waals surface area (Å²) in [5.74, 6) is 1.41. The minimum Gasteiger partial charge on any atom is -0.462 e. The molecule has 1 aliphatic heterocycles. The second-order valence-corrected chi connectivity index (χ2v) is 6.51. The summed E-state index contributed by atoms with van der Waals surface area (Å²) in [6.45, 7) is 8.37. The van der Waals surface area contributed by atoms with Crippen LogP contribution in [0.4, 0.5) is 0 Å². The zero-order chi connectivity index (χ0) is 13.2. The van der Waals surface area contributed by atoms with Gasteiger partial charge in [0.25, 0.3) is 0 Å². The summed E-state index contributed by atoms with van der Waals surface area (Å²) in [6, 6.07) is 0. The Morgan fingerprint density at radius 1 is 1.28 bits per heavy atom. The van der Waals surface area contributed by atoms with Gasteiger partial charge in [-0.1, -0.05) is 20.8 Å². The van der Waals surface area contributed by atoms with Gasteiger partial charge in [-0.3, -0.25) is 4.79 Å². The summed E-state index contributed by atoms with van der Waals surface area (Å²) in [7, 11) is 0. The van der Waals surface area contributed by atoms with Crippen molar-refractivity contribution < 1.29 is 9.53 Å². The van der Waals surface area contributed by atoms with Gasteiger partial charge in [-0.25, -0.2) is 0 Å². The van der Waals surface area contributed by atoms with Crippen molar-refractivity contribution in [3.8, 4) is 0 Å². The van der Waals surface area contributed by atoms with Crippen molar-refractivity contribution in [2.24, 2.45) is 17.3 Å². The van der Waals surface area contributed by atoms with Gasteiger partial charge in [-0.15, -0.1) is 0 Å². The molecule has 1 aliphatic carbocycles. The average molecular weight is 253 g/mol. The van der Waals surface area contributed by atoms with E-state index in [1.807, 2.05) is 0 Å². The molecule has 0 aromatic rings. The Balaban J connectivity index is 1.94. The SMILES string of the molecule is CCC1(C(=O)OC2CC(C)CC(C)C2)CCNC1. The van der Waals surface area contributed by atoms with Crippen LogP contribution in [0.1, 0.15) is 52.9 Å². The van der Waals surface area contributed by atoms with E-state index in [9.17, 15) is 4.79 Å². The molecular weight excluding hydrogens is 226 g/mol. The number of hydrogen-bond donors (Lipinski definition) is 1. The number of rotatable bonds is 3. The second kappa shape index (κ2) is 5.60. The maximum atomic E-state index is 12.4. The molecule has 0 spiro atoms. The van der Waals surface area contributed by atoms with Crippen LogP contribution in [0.15, 0.2) is 0 Å². The Morgan fingerprint density at radius 2 is 1.94 bits per heavy atom. The lowest BCUT2D eigenvalue weighted by Gasteiger charge is -2.34. The smallest absolute Gasteiger partial charge is 0.313 e. The predicted molar refractivity (Wildman–Crippen MR) is 72.3 cm³/mol. The zero-order valence-electron chi connectivity index (χ0n) is 12.0. The van der Waals surface area contributed by atoms with Crippen LogP contribution in [0.25, 0.3) is 0 Å². The molecule has 3 atom stereocenters. The van der Waals surface area contributed by atoms with Crippen molar-refractivity contribution in [3.63, 3.8) is 0 Å². The Labute approximate surface area is 111 Å². The maximum Gasteiger partial charge on any atom is 0.313 e. The lowest BCUT2D eigenvalue weighted by Crippen LogP contribution is -2.38. The molecule has 1 saturated heterocycles. The molecule has 0 amide bonds. The Kier molecular flexibility index (Phi) is 4.31. The lowest BCUT2D eigenvalue weighted by molar-refractivity contribution is -0.163. The van der Waals surface area contributed by atoms with Gasteiger partial charge >= 0.3 is 5.97 Å². The first-order valence-corrected chi connectivity index (χ1v) is 7.47. The molecule has 3 nitrogen and oxygen atoms in total. The molecule has 0 aromatic heterocycles. The summed E-state index contributed by atoms with van der Waals surface area (Å²) in [5.41, 5.74) is -0.246. The first-order chi connectivity index (χ1) is 8.55. The number of nitrogens with one attached hydrogen (secondary N) is 1. The number of hydrogen-bond acceptors (Lipinski definition) is 3. The van der Waals surface area contributed by atoms with E-state index >= 15 is 0 Å². The van der Waals surface area contributed by atoms with Crippen LogP contribution in [0, 0.1) is 17.3 Å². The van der Waals surface area contributed by atoms with Crippen molar-refractivity contribution in [3.05, 3.63) is 0 Å². The molecule has 2 rings (SSSR count). The van der Waals surface area contributed by atoms with Gasteiger partial charge in [0.2, 0.25) is 0 Å². The van der Waals surface area contributed by atoms with Crippen molar-refractivity contribution in [2.75, 3.05) is 13.1 Å². The van der Waals surface area contributed by atoms with Crippen LogP contribution >= 0.6 is 0 Å². The van der Waals surface area contributed by atoms with Crippen LogP contribution in [0.3, 0.4) is 0 Å². The second-order valence-electron chi connectivity index (χ2n) is 6.51. The number of ether oxygens (including phenoxy) is 1. The maximum absolute atomic E-state index is 12.4. The fourth-order valence-electron chi connectivity index (χ4n) is 3.61. The molecular formula is C15H27NO2. The van der Waals surface area contributed by atoms with Gasteiger partial charge < -0.3 is 10.1 Å². The highest BCUT2D eigenvalue weighted by Gasteiger charge is 2.42. The first kappa shape index (κ1) is 13.9. The molecule has 0 aromatic carbocycles. The van der Waals surface area contributed by atoms with Gasteiger partial charge in [-0.2, -0.15) is 0 Å².